The molecule has 1 N–H and O–H groups in total. The van der Waals surface area contributed by atoms with E-state index in [1.807, 2.05) is 13.8 Å². The molecular formula is C15H17FN2O3. The van der Waals surface area contributed by atoms with Crippen molar-refractivity contribution in [2.75, 3.05) is 7.11 Å². The molecule has 1 aromatic carbocycles. The second kappa shape index (κ2) is 5.95. The van der Waals surface area contributed by atoms with Gasteiger partial charge in [-0.2, -0.15) is 5.10 Å². The Labute approximate surface area is 122 Å². The van der Waals surface area contributed by atoms with E-state index in [1.54, 1.807) is 12.1 Å². The summed E-state index contributed by atoms with van der Waals surface area (Å²) in [4.78, 5) is 11.1. The summed E-state index contributed by atoms with van der Waals surface area (Å²) in [6.07, 6.45) is -0.169. The summed E-state index contributed by atoms with van der Waals surface area (Å²) in [7, 11) is 1.46. The van der Waals surface area contributed by atoms with E-state index in [1.165, 1.54) is 23.9 Å². The van der Waals surface area contributed by atoms with Gasteiger partial charge in [0.05, 0.1) is 24.9 Å². The number of carbonyl (C=O) groups is 1. The summed E-state index contributed by atoms with van der Waals surface area (Å²) < 4.78 is 19.9. The van der Waals surface area contributed by atoms with Crippen LogP contribution in [0.5, 0.6) is 5.88 Å². The van der Waals surface area contributed by atoms with E-state index in [0.29, 0.717) is 22.8 Å². The average Bonchev–Trinajstić information content (AvgIpc) is 2.77. The predicted octanol–water partition coefficient (Wildman–Crippen LogP) is 2.77. The molecule has 0 atom stereocenters. The minimum Gasteiger partial charge on any atom is -0.481 e. The van der Waals surface area contributed by atoms with Gasteiger partial charge in [-0.05, 0) is 30.2 Å². The van der Waals surface area contributed by atoms with Gasteiger partial charge in [0.2, 0.25) is 5.88 Å². The summed E-state index contributed by atoms with van der Waals surface area (Å²) in [5, 5.41) is 13.5. The van der Waals surface area contributed by atoms with Gasteiger partial charge in [-0.1, -0.05) is 13.8 Å². The van der Waals surface area contributed by atoms with E-state index in [2.05, 4.69) is 5.10 Å². The molecule has 0 aliphatic carbocycles. The van der Waals surface area contributed by atoms with Crippen molar-refractivity contribution in [1.29, 1.82) is 0 Å². The first-order valence-electron chi connectivity index (χ1n) is 6.57. The first-order chi connectivity index (χ1) is 9.93. The van der Waals surface area contributed by atoms with Crippen LogP contribution in [0.2, 0.25) is 0 Å². The highest BCUT2D eigenvalue weighted by molar-refractivity contribution is 5.72. The number of hydrogen-bond donors (Lipinski definition) is 1. The van der Waals surface area contributed by atoms with Crippen LogP contribution in [0.3, 0.4) is 0 Å². The van der Waals surface area contributed by atoms with Gasteiger partial charge in [0, 0.05) is 5.56 Å². The molecule has 0 saturated carbocycles. The zero-order valence-corrected chi connectivity index (χ0v) is 12.1. The van der Waals surface area contributed by atoms with Gasteiger partial charge < -0.3 is 9.84 Å². The molecule has 0 fully saturated rings. The lowest BCUT2D eigenvalue weighted by Gasteiger charge is -2.07. The number of hydrogen-bond acceptors (Lipinski definition) is 3. The maximum absolute atomic E-state index is 13.0. The molecule has 0 aliphatic heterocycles. The Bertz CT molecular complexity index is 648. The molecule has 0 bridgehead atoms. The van der Waals surface area contributed by atoms with Gasteiger partial charge in [-0.15, -0.1) is 0 Å². The molecule has 112 valence electrons. The van der Waals surface area contributed by atoms with Crippen LogP contribution < -0.4 is 4.74 Å². The van der Waals surface area contributed by atoms with E-state index in [0.717, 1.165) is 0 Å². The molecule has 2 aromatic rings. The fourth-order valence-corrected chi connectivity index (χ4v) is 2.20. The molecule has 0 saturated heterocycles. The number of methoxy groups -OCH3 is 1. The van der Waals surface area contributed by atoms with Crippen LogP contribution in [0.15, 0.2) is 24.3 Å². The van der Waals surface area contributed by atoms with E-state index in [4.69, 9.17) is 9.84 Å². The second-order valence-electron chi connectivity index (χ2n) is 4.99. The summed E-state index contributed by atoms with van der Waals surface area (Å²) in [6.45, 7) is 3.87. The minimum absolute atomic E-state index is 0.0509. The highest BCUT2D eigenvalue weighted by Crippen LogP contribution is 2.30. The number of benzene rings is 1. The van der Waals surface area contributed by atoms with Crippen LogP contribution >= 0.6 is 0 Å². The Balaban J connectivity index is 2.60. The SMILES string of the molecule is COc1c(CC(=O)O)c(C(C)C)nn1-c1ccc(F)cc1. The molecule has 1 heterocycles. The monoisotopic (exact) mass is 292 g/mol. The maximum Gasteiger partial charge on any atom is 0.308 e. The minimum atomic E-state index is -0.950. The summed E-state index contributed by atoms with van der Waals surface area (Å²) in [5.41, 5.74) is 1.83. The second-order valence-corrected chi connectivity index (χ2v) is 4.99. The van der Waals surface area contributed by atoms with Crippen LogP contribution in [0.4, 0.5) is 4.39 Å². The Morgan fingerprint density at radius 3 is 2.48 bits per heavy atom. The standard InChI is InChI=1S/C15H17FN2O3/c1-9(2)14-12(8-13(19)20)15(21-3)18(17-14)11-6-4-10(16)5-7-11/h4-7,9H,8H2,1-3H3,(H,19,20). The van der Waals surface area contributed by atoms with E-state index >= 15 is 0 Å². The molecule has 0 radical (unpaired) electrons. The van der Waals surface area contributed by atoms with Gasteiger partial charge in [-0.25, -0.2) is 9.07 Å². The molecule has 5 nitrogen and oxygen atoms in total. The van der Waals surface area contributed by atoms with Gasteiger partial charge >= 0.3 is 5.97 Å². The van der Waals surface area contributed by atoms with Crippen molar-refractivity contribution in [3.05, 3.63) is 41.3 Å². The Kier molecular flexibility index (Phi) is 4.26. The van der Waals surface area contributed by atoms with Crippen molar-refractivity contribution >= 4 is 5.97 Å². The lowest BCUT2D eigenvalue weighted by Crippen LogP contribution is -2.05. The number of carboxylic acids is 1. The van der Waals surface area contributed by atoms with Crippen molar-refractivity contribution in [3.8, 4) is 11.6 Å². The fourth-order valence-electron chi connectivity index (χ4n) is 2.20. The largest absolute Gasteiger partial charge is 0.481 e. The molecule has 0 amide bonds. The fraction of sp³-hybridized carbons (Fsp3) is 0.333. The Morgan fingerprint density at radius 2 is 2.00 bits per heavy atom. The quantitative estimate of drug-likeness (QED) is 0.920. The molecule has 0 spiro atoms. The molecular weight excluding hydrogens is 275 g/mol. The highest BCUT2D eigenvalue weighted by atomic mass is 19.1. The van der Waals surface area contributed by atoms with Gasteiger partial charge in [0.25, 0.3) is 0 Å². The molecule has 1 aromatic heterocycles. The van der Waals surface area contributed by atoms with E-state index in [-0.39, 0.29) is 18.2 Å². The first-order valence-corrected chi connectivity index (χ1v) is 6.57. The number of carboxylic acid groups (broad SMARTS) is 1. The Morgan fingerprint density at radius 1 is 1.38 bits per heavy atom. The van der Waals surface area contributed by atoms with Crippen LogP contribution in [-0.4, -0.2) is 28.0 Å². The number of aliphatic carboxylic acids is 1. The molecule has 6 heteroatoms. The van der Waals surface area contributed by atoms with Gasteiger partial charge in [-0.3, -0.25) is 4.79 Å². The maximum atomic E-state index is 13.0. The zero-order valence-electron chi connectivity index (χ0n) is 12.1. The summed E-state index contributed by atoms with van der Waals surface area (Å²) >= 11 is 0. The van der Waals surface area contributed by atoms with Crippen molar-refractivity contribution in [2.24, 2.45) is 0 Å². The average molecular weight is 292 g/mol. The van der Waals surface area contributed by atoms with Gasteiger partial charge in [0.15, 0.2) is 0 Å². The van der Waals surface area contributed by atoms with Crippen LogP contribution in [0.25, 0.3) is 5.69 Å². The van der Waals surface area contributed by atoms with Crippen molar-refractivity contribution < 1.29 is 19.0 Å². The van der Waals surface area contributed by atoms with Crippen molar-refractivity contribution in [3.63, 3.8) is 0 Å². The topological polar surface area (TPSA) is 64.3 Å². The van der Waals surface area contributed by atoms with Crippen molar-refractivity contribution in [1.82, 2.24) is 9.78 Å². The summed E-state index contributed by atoms with van der Waals surface area (Å²) in [5.74, 6) is -0.878. The normalized spacial score (nSPS) is 10.9. The third-order valence-corrected chi connectivity index (χ3v) is 3.11. The number of ether oxygens (including phenoxy) is 1. The predicted molar refractivity (Wildman–Crippen MR) is 75.5 cm³/mol. The lowest BCUT2D eigenvalue weighted by atomic mass is 10.0. The lowest BCUT2D eigenvalue weighted by molar-refractivity contribution is -0.136. The van der Waals surface area contributed by atoms with Crippen LogP contribution in [0.1, 0.15) is 31.0 Å². The Hall–Kier alpha value is -2.37. The van der Waals surface area contributed by atoms with Gasteiger partial charge in [0.1, 0.15) is 5.82 Å². The first kappa shape index (κ1) is 15.0. The number of halogens is 1. The zero-order chi connectivity index (χ0) is 15.6. The number of aromatic nitrogens is 2. The molecule has 21 heavy (non-hydrogen) atoms. The van der Waals surface area contributed by atoms with Crippen molar-refractivity contribution in [2.45, 2.75) is 26.2 Å². The number of rotatable bonds is 5. The van der Waals surface area contributed by atoms with E-state index < -0.39 is 5.97 Å². The number of nitrogens with zero attached hydrogens (tertiary/aromatic N) is 2. The third kappa shape index (κ3) is 3.04. The third-order valence-electron chi connectivity index (χ3n) is 3.11. The molecule has 2 rings (SSSR count). The smallest absolute Gasteiger partial charge is 0.308 e. The van der Waals surface area contributed by atoms with E-state index in [9.17, 15) is 9.18 Å². The van der Waals surface area contributed by atoms with Crippen LogP contribution in [-0.2, 0) is 11.2 Å². The highest BCUT2D eigenvalue weighted by Gasteiger charge is 2.23. The molecule has 0 unspecified atom stereocenters. The van der Waals surface area contributed by atoms with Crippen LogP contribution in [0, 0.1) is 5.82 Å². The summed E-state index contributed by atoms with van der Waals surface area (Å²) in [6, 6.07) is 5.78. The molecule has 0 aliphatic rings.